The standard InChI is InChI=1S/C20H27N7O2/c1-4-14-11-26(10-9-25(14)3)20(29)27-12-15-17(13(27)2)23-24-18(15)22-19(28)16-7-5-6-8-21-16/h5-8,13-14H,4,9-12H2,1-3H3,(H2,22,23,24,28)/t13-,14?/m0/s1. The average Bonchev–Trinajstić information content (AvgIpc) is 3.29. The molecule has 2 aliphatic rings. The van der Waals surface area contributed by atoms with Crippen molar-refractivity contribution in [2.75, 3.05) is 32.0 Å². The maximum atomic E-state index is 13.2. The summed E-state index contributed by atoms with van der Waals surface area (Å²) >= 11 is 0. The van der Waals surface area contributed by atoms with Crippen LogP contribution in [0.1, 0.15) is 48.1 Å². The van der Waals surface area contributed by atoms with Gasteiger partial charge in [0.2, 0.25) is 0 Å². The van der Waals surface area contributed by atoms with Crippen molar-refractivity contribution in [1.29, 1.82) is 0 Å². The Labute approximate surface area is 170 Å². The van der Waals surface area contributed by atoms with Crippen LogP contribution in [0.3, 0.4) is 0 Å². The summed E-state index contributed by atoms with van der Waals surface area (Å²) in [5, 5.41) is 10.1. The van der Waals surface area contributed by atoms with Crippen LogP contribution in [0, 0.1) is 0 Å². The lowest BCUT2D eigenvalue weighted by Crippen LogP contribution is -2.55. The van der Waals surface area contributed by atoms with Crippen molar-refractivity contribution >= 4 is 17.8 Å². The van der Waals surface area contributed by atoms with Gasteiger partial charge in [-0.1, -0.05) is 13.0 Å². The van der Waals surface area contributed by atoms with Crippen molar-refractivity contribution in [2.45, 2.75) is 38.9 Å². The molecule has 154 valence electrons. The van der Waals surface area contributed by atoms with Crippen LogP contribution in [0.15, 0.2) is 24.4 Å². The van der Waals surface area contributed by atoms with Crippen molar-refractivity contribution in [3.63, 3.8) is 0 Å². The van der Waals surface area contributed by atoms with Crippen molar-refractivity contribution in [2.24, 2.45) is 0 Å². The maximum absolute atomic E-state index is 13.2. The van der Waals surface area contributed by atoms with Gasteiger partial charge in [0.25, 0.3) is 5.91 Å². The van der Waals surface area contributed by atoms with Crippen molar-refractivity contribution in [3.8, 4) is 0 Å². The van der Waals surface area contributed by atoms with Crippen LogP contribution in [0.5, 0.6) is 0 Å². The smallest absolute Gasteiger partial charge is 0.320 e. The molecule has 4 heterocycles. The van der Waals surface area contributed by atoms with Crippen molar-refractivity contribution < 1.29 is 9.59 Å². The molecule has 3 amide bonds. The van der Waals surface area contributed by atoms with E-state index in [0.29, 0.717) is 24.1 Å². The first-order valence-corrected chi connectivity index (χ1v) is 10.0. The Morgan fingerprint density at radius 3 is 2.86 bits per heavy atom. The summed E-state index contributed by atoms with van der Waals surface area (Å²) in [6.07, 6.45) is 2.59. The molecule has 9 nitrogen and oxygen atoms in total. The molecule has 2 aromatic rings. The Morgan fingerprint density at radius 2 is 2.14 bits per heavy atom. The maximum Gasteiger partial charge on any atom is 0.320 e. The van der Waals surface area contributed by atoms with Crippen LogP contribution in [0.4, 0.5) is 10.6 Å². The van der Waals surface area contributed by atoms with E-state index in [4.69, 9.17) is 0 Å². The van der Waals surface area contributed by atoms with Gasteiger partial charge in [0.15, 0.2) is 5.82 Å². The number of nitrogens with one attached hydrogen (secondary N) is 2. The van der Waals surface area contributed by atoms with Gasteiger partial charge < -0.3 is 15.1 Å². The van der Waals surface area contributed by atoms with E-state index in [1.807, 2.05) is 16.7 Å². The zero-order valence-corrected chi connectivity index (χ0v) is 17.1. The Kier molecular flexibility index (Phi) is 5.23. The Morgan fingerprint density at radius 1 is 1.31 bits per heavy atom. The lowest BCUT2D eigenvalue weighted by Gasteiger charge is -2.41. The molecule has 2 aliphatic heterocycles. The molecular formula is C20H27N7O2. The second-order valence-corrected chi connectivity index (χ2v) is 7.71. The number of aromatic amines is 1. The number of carbonyl (C=O) groups excluding carboxylic acids is 2. The minimum absolute atomic E-state index is 0.0376. The van der Waals surface area contributed by atoms with E-state index < -0.39 is 0 Å². The molecule has 1 saturated heterocycles. The van der Waals surface area contributed by atoms with E-state index in [1.165, 1.54) is 0 Å². The number of piperazine rings is 1. The first-order valence-electron chi connectivity index (χ1n) is 10.0. The molecular weight excluding hydrogens is 370 g/mol. The fourth-order valence-electron chi connectivity index (χ4n) is 4.09. The van der Waals surface area contributed by atoms with E-state index in [1.54, 1.807) is 24.4 Å². The molecule has 0 aromatic carbocycles. The van der Waals surface area contributed by atoms with Crippen LogP contribution in [-0.4, -0.2) is 74.5 Å². The van der Waals surface area contributed by atoms with Gasteiger partial charge >= 0.3 is 6.03 Å². The average molecular weight is 397 g/mol. The van der Waals surface area contributed by atoms with Crippen LogP contribution >= 0.6 is 0 Å². The first-order chi connectivity index (χ1) is 14.0. The number of anilines is 1. The molecule has 29 heavy (non-hydrogen) atoms. The topological polar surface area (TPSA) is 97.5 Å². The molecule has 0 saturated carbocycles. The van der Waals surface area contributed by atoms with Crippen molar-refractivity contribution in [3.05, 3.63) is 41.3 Å². The third-order valence-electron chi connectivity index (χ3n) is 6.01. The summed E-state index contributed by atoms with van der Waals surface area (Å²) in [6, 6.07) is 5.48. The van der Waals surface area contributed by atoms with Crippen LogP contribution in [0.2, 0.25) is 0 Å². The van der Waals surface area contributed by atoms with Crippen LogP contribution in [0.25, 0.3) is 0 Å². The largest absolute Gasteiger partial charge is 0.322 e. The second-order valence-electron chi connectivity index (χ2n) is 7.71. The number of H-pyrrole nitrogens is 1. The van der Waals surface area contributed by atoms with Crippen LogP contribution in [-0.2, 0) is 6.54 Å². The summed E-state index contributed by atoms with van der Waals surface area (Å²) in [7, 11) is 2.11. The van der Waals surface area contributed by atoms with Gasteiger partial charge in [-0.3, -0.25) is 19.8 Å². The monoisotopic (exact) mass is 397 g/mol. The fourth-order valence-corrected chi connectivity index (χ4v) is 4.09. The molecule has 9 heteroatoms. The number of rotatable bonds is 3. The highest BCUT2D eigenvalue weighted by Crippen LogP contribution is 2.36. The number of nitrogens with zero attached hydrogens (tertiary/aromatic N) is 5. The normalized spacial score (nSPS) is 21.9. The van der Waals surface area contributed by atoms with E-state index in [9.17, 15) is 9.59 Å². The Hall–Kier alpha value is -2.94. The quantitative estimate of drug-likeness (QED) is 0.826. The molecule has 0 bridgehead atoms. The highest BCUT2D eigenvalue weighted by Gasteiger charge is 2.38. The SMILES string of the molecule is CCC1CN(C(=O)N2Cc3c(NC(=O)c4ccccn4)n[nH]c3[C@@H]2C)CCN1C. The number of aromatic nitrogens is 3. The molecule has 0 aliphatic carbocycles. The van der Waals surface area contributed by atoms with Gasteiger partial charge in [-0.2, -0.15) is 5.10 Å². The van der Waals surface area contributed by atoms with E-state index >= 15 is 0 Å². The van der Waals surface area contributed by atoms with Gasteiger partial charge in [0.1, 0.15) is 5.69 Å². The lowest BCUT2D eigenvalue weighted by atomic mass is 10.1. The van der Waals surface area contributed by atoms with Crippen LogP contribution < -0.4 is 5.32 Å². The highest BCUT2D eigenvalue weighted by atomic mass is 16.2. The zero-order chi connectivity index (χ0) is 20.5. The van der Waals surface area contributed by atoms with Gasteiger partial charge in [0, 0.05) is 37.4 Å². The predicted molar refractivity (Wildman–Crippen MR) is 108 cm³/mol. The summed E-state index contributed by atoms with van der Waals surface area (Å²) < 4.78 is 0. The molecule has 2 N–H and O–H groups in total. The molecule has 2 aromatic heterocycles. The van der Waals surface area contributed by atoms with Gasteiger partial charge in [0.05, 0.1) is 18.3 Å². The van der Waals surface area contributed by atoms with E-state index in [0.717, 1.165) is 37.3 Å². The fraction of sp³-hybridized carbons (Fsp3) is 0.500. The molecule has 1 fully saturated rings. The third-order valence-corrected chi connectivity index (χ3v) is 6.01. The number of carbonyl (C=O) groups is 2. The number of hydrogen-bond acceptors (Lipinski definition) is 5. The molecule has 4 rings (SSSR count). The van der Waals surface area contributed by atoms with Gasteiger partial charge in [-0.05, 0) is 32.5 Å². The molecule has 2 atom stereocenters. The molecule has 1 unspecified atom stereocenters. The minimum atomic E-state index is -0.317. The number of pyridine rings is 1. The van der Waals surface area contributed by atoms with E-state index in [2.05, 4.69) is 39.4 Å². The number of hydrogen-bond donors (Lipinski definition) is 2. The summed E-state index contributed by atoms with van der Waals surface area (Å²) in [6.45, 7) is 6.91. The molecule has 0 spiro atoms. The highest BCUT2D eigenvalue weighted by molar-refractivity contribution is 6.02. The number of likely N-dealkylation sites (N-methyl/N-ethyl adjacent to an activating group) is 1. The summed E-state index contributed by atoms with van der Waals surface area (Å²) in [5.41, 5.74) is 2.05. The minimum Gasteiger partial charge on any atom is -0.322 e. The van der Waals surface area contributed by atoms with Gasteiger partial charge in [-0.15, -0.1) is 0 Å². The number of fused-ring (bicyclic) bond motifs is 1. The summed E-state index contributed by atoms with van der Waals surface area (Å²) in [4.78, 5) is 35.8. The lowest BCUT2D eigenvalue weighted by molar-refractivity contribution is 0.0820. The Balaban J connectivity index is 1.47. The number of urea groups is 1. The van der Waals surface area contributed by atoms with Crippen molar-refractivity contribution in [1.82, 2.24) is 29.9 Å². The zero-order valence-electron chi connectivity index (χ0n) is 17.1. The first kappa shape index (κ1) is 19.4. The van der Waals surface area contributed by atoms with E-state index in [-0.39, 0.29) is 18.0 Å². The molecule has 0 radical (unpaired) electrons. The predicted octanol–water partition coefficient (Wildman–Crippen LogP) is 2.08. The third kappa shape index (κ3) is 3.57. The summed E-state index contributed by atoms with van der Waals surface area (Å²) in [5.74, 6) is 0.143. The van der Waals surface area contributed by atoms with Gasteiger partial charge in [-0.25, -0.2) is 4.79 Å². The number of amides is 3. The Bertz CT molecular complexity index is 897. The second kappa shape index (κ2) is 7.82.